The van der Waals surface area contributed by atoms with Crippen LogP contribution in [0.4, 0.5) is 5.69 Å². The third-order valence-electron chi connectivity index (χ3n) is 12.4. The van der Waals surface area contributed by atoms with Crippen LogP contribution in [0.15, 0.2) is 97.5 Å². The van der Waals surface area contributed by atoms with Gasteiger partial charge in [-0.15, -0.1) is 0 Å². The quantitative estimate of drug-likeness (QED) is 0.145. The maximum atomic E-state index is 13.1. The average molecular weight is 814 g/mol. The van der Waals surface area contributed by atoms with Crippen molar-refractivity contribution in [2.45, 2.75) is 37.8 Å². The lowest BCUT2D eigenvalue weighted by Crippen LogP contribution is -2.54. The monoisotopic (exact) mass is 813 g/mol. The summed E-state index contributed by atoms with van der Waals surface area (Å²) in [6.07, 6.45) is 8.10. The number of aromatic nitrogens is 3. The van der Waals surface area contributed by atoms with Gasteiger partial charge in [0, 0.05) is 104 Å². The standard InChI is InChI=1S/C48H43N7O6/c1-52-41-15-16-49-28-40(41)37-10-7-32(25-43(37)52)33-8-14-45(50-27-33)61-36-23-31(24-36)29-53-17-19-54(20-18-53)34-6-2-4-30(22-34)5-3-21-60-35-9-11-38-39(26-35)48(59)55(47(38)58)42-12-13-44(56)51-46(42)57/h2,4,6-11,14-16,22,25-28,31,36,42H,12-13,17-21,23-24,29H2,1H3,(H,51,56,57)/t31-,36-,42?. The molecule has 13 heteroatoms. The molecule has 2 saturated heterocycles. The molecule has 4 aliphatic rings. The van der Waals surface area contributed by atoms with Crippen molar-refractivity contribution in [3.8, 4) is 34.6 Å². The summed E-state index contributed by atoms with van der Waals surface area (Å²) in [7, 11) is 2.09. The van der Waals surface area contributed by atoms with Gasteiger partial charge in [-0.05, 0) is 85.3 Å². The number of hydrogen-bond donors (Lipinski definition) is 1. The molecule has 1 N–H and O–H groups in total. The summed E-state index contributed by atoms with van der Waals surface area (Å²) in [5.41, 5.74) is 6.90. The number of carbonyl (C=O) groups excluding carboxylic acids is 4. The highest BCUT2D eigenvalue weighted by molar-refractivity contribution is 6.23. The van der Waals surface area contributed by atoms with Crippen LogP contribution >= 0.6 is 0 Å². The number of piperazine rings is 1. The molecular weight excluding hydrogens is 771 g/mol. The lowest BCUT2D eigenvalue weighted by atomic mass is 9.82. The van der Waals surface area contributed by atoms with Crippen LogP contribution in [0.25, 0.3) is 32.9 Å². The molecule has 6 heterocycles. The Balaban J connectivity index is 0.666. The first-order valence-electron chi connectivity index (χ1n) is 20.8. The van der Waals surface area contributed by atoms with Gasteiger partial charge in [0.15, 0.2) is 0 Å². The highest BCUT2D eigenvalue weighted by Gasteiger charge is 2.44. The highest BCUT2D eigenvalue weighted by Crippen LogP contribution is 2.35. The van der Waals surface area contributed by atoms with Crippen LogP contribution in [0.1, 0.15) is 52.0 Å². The van der Waals surface area contributed by atoms with Crippen molar-refractivity contribution in [1.29, 1.82) is 0 Å². The highest BCUT2D eigenvalue weighted by atomic mass is 16.5. The minimum absolute atomic E-state index is 0.0662. The second-order valence-corrected chi connectivity index (χ2v) is 16.2. The Kier molecular flexibility index (Phi) is 9.92. The molecule has 13 nitrogen and oxygen atoms in total. The SMILES string of the molecule is Cn1c2ccncc2c2ccc(-c3ccc(O[C@H]4C[C@H](CN5CCN(c6cccc(C#CCOc7ccc8c(c7)C(=O)N(C7CCC(=O)NC7=O)C8=O)c6)CC5)C4)nc3)cc21. The van der Waals surface area contributed by atoms with Gasteiger partial charge >= 0.3 is 0 Å². The molecule has 1 unspecified atom stereocenters. The summed E-state index contributed by atoms with van der Waals surface area (Å²) in [6.45, 7) is 5.03. The fraction of sp³-hybridized carbons (Fsp3) is 0.292. The van der Waals surface area contributed by atoms with Crippen molar-refractivity contribution in [2.24, 2.45) is 13.0 Å². The van der Waals surface area contributed by atoms with Crippen LogP contribution in [0, 0.1) is 17.8 Å². The number of aryl methyl sites for hydroxylation is 1. The molecule has 306 valence electrons. The van der Waals surface area contributed by atoms with Crippen LogP contribution in [0.2, 0.25) is 0 Å². The molecule has 0 bridgehead atoms. The van der Waals surface area contributed by atoms with E-state index >= 15 is 0 Å². The molecule has 3 aliphatic heterocycles. The minimum Gasteiger partial charge on any atom is -0.481 e. The van der Waals surface area contributed by atoms with Gasteiger partial charge in [-0.25, -0.2) is 4.98 Å². The topological polar surface area (TPSA) is 139 Å². The molecule has 1 saturated carbocycles. The summed E-state index contributed by atoms with van der Waals surface area (Å²) in [5, 5.41) is 4.56. The van der Waals surface area contributed by atoms with E-state index in [0.29, 0.717) is 17.5 Å². The number of amides is 4. The van der Waals surface area contributed by atoms with Crippen LogP contribution in [-0.2, 0) is 16.6 Å². The smallest absolute Gasteiger partial charge is 0.262 e. The number of benzene rings is 3. The lowest BCUT2D eigenvalue weighted by molar-refractivity contribution is -0.136. The molecule has 3 aromatic carbocycles. The van der Waals surface area contributed by atoms with Gasteiger partial charge in [-0.2, -0.15) is 0 Å². The molecule has 1 atom stereocenters. The number of rotatable bonds is 9. The predicted molar refractivity (Wildman–Crippen MR) is 229 cm³/mol. The van der Waals surface area contributed by atoms with E-state index in [2.05, 4.69) is 91.0 Å². The lowest BCUT2D eigenvalue weighted by Gasteiger charge is -2.41. The van der Waals surface area contributed by atoms with Gasteiger partial charge < -0.3 is 18.9 Å². The second-order valence-electron chi connectivity index (χ2n) is 16.2. The van der Waals surface area contributed by atoms with Gasteiger partial charge in [-0.1, -0.05) is 30.0 Å². The summed E-state index contributed by atoms with van der Waals surface area (Å²) < 4.78 is 14.3. The Hall–Kier alpha value is -7.04. The van der Waals surface area contributed by atoms with Gasteiger partial charge in [-0.3, -0.25) is 39.3 Å². The minimum atomic E-state index is -1.01. The molecule has 6 aromatic rings. The molecule has 3 fully saturated rings. The van der Waals surface area contributed by atoms with Crippen molar-refractivity contribution >= 4 is 51.1 Å². The summed E-state index contributed by atoms with van der Waals surface area (Å²) >= 11 is 0. The number of nitrogens with zero attached hydrogens (tertiary/aromatic N) is 6. The average Bonchev–Trinajstić information content (AvgIpc) is 3.69. The zero-order valence-corrected chi connectivity index (χ0v) is 33.7. The number of carbonyl (C=O) groups is 4. The zero-order valence-electron chi connectivity index (χ0n) is 33.7. The number of piperidine rings is 1. The summed E-state index contributed by atoms with van der Waals surface area (Å²) in [6, 6.07) is 24.5. The zero-order chi connectivity index (χ0) is 41.6. The Morgan fingerprint density at radius 3 is 2.48 bits per heavy atom. The maximum Gasteiger partial charge on any atom is 0.262 e. The van der Waals surface area contributed by atoms with E-state index in [9.17, 15) is 19.2 Å². The molecule has 1 aliphatic carbocycles. The van der Waals surface area contributed by atoms with Crippen LogP contribution in [-0.4, -0.2) is 99.4 Å². The number of ether oxygens (including phenoxy) is 2. The van der Waals surface area contributed by atoms with E-state index in [1.807, 2.05) is 36.8 Å². The van der Waals surface area contributed by atoms with Crippen molar-refractivity contribution in [1.82, 2.24) is 29.7 Å². The molecule has 3 aromatic heterocycles. The predicted octanol–water partition coefficient (Wildman–Crippen LogP) is 5.60. The number of hydrogen-bond acceptors (Lipinski definition) is 10. The Morgan fingerprint density at radius 1 is 0.820 bits per heavy atom. The number of imide groups is 2. The fourth-order valence-electron chi connectivity index (χ4n) is 9.08. The van der Waals surface area contributed by atoms with Crippen molar-refractivity contribution in [3.63, 3.8) is 0 Å². The third kappa shape index (κ3) is 7.44. The van der Waals surface area contributed by atoms with Crippen LogP contribution < -0.4 is 19.7 Å². The summed E-state index contributed by atoms with van der Waals surface area (Å²) in [5.74, 6) is 5.74. The van der Waals surface area contributed by atoms with Crippen LogP contribution in [0.3, 0.4) is 0 Å². The fourth-order valence-corrected chi connectivity index (χ4v) is 9.08. The number of fused-ring (bicyclic) bond motifs is 4. The molecule has 0 spiro atoms. The van der Waals surface area contributed by atoms with Crippen molar-refractivity contribution in [3.05, 3.63) is 114 Å². The van der Waals surface area contributed by atoms with Crippen molar-refractivity contribution < 1.29 is 28.7 Å². The summed E-state index contributed by atoms with van der Waals surface area (Å²) in [4.78, 5) is 64.9. The second kappa shape index (κ2) is 15.9. The van der Waals surface area contributed by atoms with E-state index in [1.165, 1.54) is 28.6 Å². The van der Waals surface area contributed by atoms with Gasteiger partial charge in [0.2, 0.25) is 17.7 Å². The van der Waals surface area contributed by atoms with E-state index in [-0.39, 0.29) is 36.7 Å². The number of pyridine rings is 2. The first-order valence-corrected chi connectivity index (χ1v) is 20.8. The van der Waals surface area contributed by atoms with Crippen molar-refractivity contribution in [2.75, 3.05) is 44.2 Å². The third-order valence-corrected chi connectivity index (χ3v) is 12.4. The van der Waals surface area contributed by atoms with E-state index < -0.39 is 29.7 Å². The maximum absolute atomic E-state index is 13.1. The number of anilines is 1. The first kappa shape index (κ1) is 38.2. The van der Waals surface area contributed by atoms with Gasteiger partial charge in [0.1, 0.15) is 24.5 Å². The van der Waals surface area contributed by atoms with E-state index in [0.717, 1.165) is 78.2 Å². The Labute approximate surface area is 352 Å². The van der Waals surface area contributed by atoms with E-state index in [1.54, 1.807) is 6.07 Å². The first-order chi connectivity index (χ1) is 29.8. The number of nitrogens with one attached hydrogen (secondary N) is 1. The molecular formula is C48H43N7O6. The van der Waals surface area contributed by atoms with E-state index in [4.69, 9.17) is 9.47 Å². The van der Waals surface area contributed by atoms with Gasteiger partial charge in [0.05, 0.1) is 16.6 Å². The Morgan fingerprint density at radius 2 is 1.66 bits per heavy atom. The molecule has 0 radical (unpaired) electrons. The molecule has 4 amide bonds. The van der Waals surface area contributed by atoms with Gasteiger partial charge in [0.25, 0.3) is 11.8 Å². The Bertz CT molecular complexity index is 2790. The van der Waals surface area contributed by atoms with Crippen LogP contribution in [0.5, 0.6) is 11.6 Å². The molecule has 61 heavy (non-hydrogen) atoms. The largest absolute Gasteiger partial charge is 0.481 e. The molecule has 10 rings (SSSR count). The normalized spacial score (nSPS) is 20.3.